The molecule has 4 rings (SSSR count). The second-order valence-corrected chi connectivity index (χ2v) is 8.35. The fourth-order valence-corrected chi connectivity index (χ4v) is 4.82. The van der Waals surface area contributed by atoms with Gasteiger partial charge in [0.15, 0.2) is 11.3 Å². The summed E-state index contributed by atoms with van der Waals surface area (Å²) < 4.78 is 0. The Bertz CT molecular complexity index is 1180. The Morgan fingerprint density at radius 3 is 1.91 bits per heavy atom. The highest BCUT2D eigenvalue weighted by Crippen LogP contribution is 2.37. The Labute approximate surface area is 188 Å². The van der Waals surface area contributed by atoms with Crippen molar-refractivity contribution in [1.82, 2.24) is 10.2 Å². The number of hydrogen-bond acceptors (Lipinski definition) is 3. The van der Waals surface area contributed by atoms with Crippen LogP contribution in [-0.4, -0.2) is 22.6 Å². The normalized spacial score (nSPS) is 15.1. The van der Waals surface area contributed by atoms with Gasteiger partial charge in [-0.3, -0.25) is 14.5 Å². The summed E-state index contributed by atoms with van der Waals surface area (Å²) in [5, 5.41) is 2.98. The maximum Gasteiger partial charge on any atom is 0.325 e. The SMILES string of the molecule is CC(=O)c1c(C)cc(C)c(CN2C(=O)NC(c3ccccc3)(c3ccccc3)C2=O)c1C. The first-order chi connectivity index (χ1) is 15.3. The number of amides is 3. The molecule has 0 bridgehead atoms. The molecule has 1 heterocycles. The minimum absolute atomic E-state index is 0.0265. The van der Waals surface area contributed by atoms with E-state index in [9.17, 15) is 14.4 Å². The molecule has 1 fully saturated rings. The number of Topliss-reactive ketones (excluding diaryl/α,β-unsaturated/α-hetero) is 1. The first kappa shape index (κ1) is 21.5. The van der Waals surface area contributed by atoms with Gasteiger partial charge in [-0.1, -0.05) is 66.7 Å². The van der Waals surface area contributed by atoms with Crippen molar-refractivity contribution in [3.63, 3.8) is 0 Å². The van der Waals surface area contributed by atoms with Gasteiger partial charge in [-0.2, -0.15) is 0 Å². The molecule has 0 radical (unpaired) electrons. The Morgan fingerprint density at radius 1 is 0.875 bits per heavy atom. The lowest BCUT2D eigenvalue weighted by atomic mass is 9.82. The van der Waals surface area contributed by atoms with E-state index in [2.05, 4.69) is 5.32 Å². The number of nitrogens with zero attached hydrogens (tertiary/aromatic N) is 1. The molecule has 3 amide bonds. The van der Waals surface area contributed by atoms with Crippen LogP contribution in [-0.2, 0) is 16.9 Å². The summed E-state index contributed by atoms with van der Waals surface area (Å²) in [6.45, 7) is 7.37. The average Bonchev–Trinajstić information content (AvgIpc) is 3.02. The number of rotatable bonds is 5. The maximum atomic E-state index is 13.9. The summed E-state index contributed by atoms with van der Waals surface area (Å²) in [7, 11) is 0. The zero-order chi connectivity index (χ0) is 23.0. The highest BCUT2D eigenvalue weighted by Gasteiger charge is 2.53. The molecule has 0 unspecified atom stereocenters. The Morgan fingerprint density at radius 2 is 1.41 bits per heavy atom. The molecule has 0 aliphatic carbocycles. The first-order valence-corrected chi connectivity index (χ1v) is 10.6. The van der Waals surface area contributed by atoms with Crippen LogP contribution in [0.1, 0.15) is 50.7 Å². The summed E-state index contributed by atoms with van der Waals surface area (Å²) in [5.74, 6) is -0.356. The van der Waals surface area contributed by atoms with E-state index >= 15 is 0 Å². The summed E-state index contributed by atoms with van der Waals surface area (Å²) in [6.07, 6.45) is 0. The third kappa shape index (κ3) is 3.30. The first-order valence-electron chi connectivity index (χ1n) is 10.6. The van der Waals surface area contributed by atoms with Crippen LogP contribution in [0.5, 0.6) is 0 Å². The van der Waals surface area contributed by atoms with Gasteiger partial charge in [0.1, 0.15) is 0 Å². The predicted molar refractivity (Wildman–Crippen MR) is 123 cm³/mol. The van der Waals surface area contributed by atoms with E-state index in [1.54, 1.807) is 0 Å². The second-order valence-electron chi connectivity index (χ2n) is 8.35. The van der Waals surface area contributed by atoms with Crippen LogP contribution in [0.15, 0.2) is 66.7 Å². The molecule has 0 saturated carbocycles. The van der Waals surface area contributed by atoms with Crippen LogP contribution in [0.3, 0.4) is 0 Å². The van der Waals surface area contributed by atoms with Gasteiger partial charge < -0.3 is 5.32 Å². The summed E-state index contributed by atoms with van der Waals surface area (Å²) >= 11 is 0. The topological polar surface area (TPSA) is 66.5 Å². The molecule has 3 aromatic carbocycles. The molecule has 162 valence electrons. The van der Waals surface area contributed by atoms with E-state index in [0.717, 1.165) is 22.3 Å². The molecule has 1 aliphatic rings. The number of aryl methyl sites for hydroxylation is 2. The van der Waals surface area contributed by atoms with Crippen molar-refractivity contribution in [3.05, 3.63) is 106 Å². The van der Waals surface area contributed by atoms with Crippen molar-refractivity contribution in [2.75, 3.05) is 0 Å². The maximum absolute atomic E-state index is 13.9. The minimum Gasteiger partial charge on any atom is -0.315 e. The van der Waals surface area contributed by atoms with Crippen molar-refractivity contribution in [2.24, 2.45) is 0 Å². The van der Waals surface area contributed by atoms with Gasteiger partial charge in [0, 0.05) is 5.56 Å². The van der Waals surface area contributed by atoms with Crippen molar-refractivity contribution in [2.45, 2.75) is 39.8 Å². The van der Waals surface area contributed by atoms with E-state index < -0.39 is 11.6 Å². The third-order valence-electron chi connectivity index (χ3n) is 6.32. The fourth-order valence-electron chi connectivity index (χ4n) is 4.82. The van der Waals surface area contributed by atoms with Crippen LogP contribution in [0.2, 0.25) is 0 Å². The molecule has 0 aromatic heterocycles. The number of nitrogens with one attached hydrogen (secondary N) is 1. The molecule has 1 N–H and O–H groups in total. The van der Waals surface area contributed by atoms with Crippen molar-refractivity contribution >= 4 is 17.7 Å². The van der Waals surface area contributed by atoms with Crippen LogP contribution in [0, 0.1) is 20.8 Å². The number of carbonyl (C=O) groups is 3. The van der Waals surface area contributed by atoms with Crippen LogP contribution < -0.4 is 5.32 Å². The van der Waals surface area contributed by atoms with Crippen LogP contribution in [0.4, 0.5) is 4.79 Å². The molecular weight excluding hydrogens is 400 g/mol. The van der Waals surface area contributed by atoms with Gasteiger partial charge >= 0.3 is 6.03 Å². The van der Waals surface area contributed by atoms with Gasteiger partial charge in [-0.15, -0.1) is 0 Å². The molecule has 5 nitrogen and oxygen atoms in total. The van der Waals surface area contributed by atoms with Gasteiger partial charge in [-0.25, -0.2) is 4.79 Å². The molecule has 1 saturated heterocycles. The number of imide groups is 1. The van der Waals surface area contributed by atoms with Crippen LogP contribution >= 0.6 is 0 Å². The van der Waals surface area contributed by atoms with Gasteiger partial charge in [0.05, 0.1) is 6.54 Å². The third-order valence-corrected chi connectivity index (χ3v) is 6.32. The molecule has 32 heavy (non-hydrogen) atoms. The van der Waals surface area contributed by atoms with E-state index in [1.807, 2.05) is 87.5 Å². The number of urea groups is 1. The van der Waals surface area contributed by atoms with Crippen molar-refractivity contribution in [3.8, 4) is 0 Å². The van der Waals surface area contributed by atoms with E-state index in [1.165, 1.54) is 11.8 Å². The molecule has 0 spiro atoms. The quantitative estimate of drug-likeness (QED) is 0.470. The minimum atomic E-state index is -1.30. The highest BCUT2D eigenvalue weighted by atomic mass is 16.2. The molecule has 3 aromatic rings. The largest absolute Gasteiger partial charge is 0.325 e. The monoisotopic (exact) mass is 426 g/mol. The Hall–Kier alpha value is -3.73. The lowest BCUT2D eigenvalue weighted by Gasteiger charge is -2.28. The number of carbonyl (C=O) groups excluding carboxylic acids is 3. The molecule has 5 heteroatoms. The fraction of sp³-hybridized carbons (Fsp3) is 0.222. The lowest BCUT2D eigenvalue weighted by molar-refractivity contribution is -0.130. The highest BCUT2D eigenvalue weighted by molar-refractivity contribution is 6.09. The Kier molecular flexibility index (Phi) is 5.43. The van der Waals surface area contributed by atoms with Gasteiger partial charge in [0.25, 0.3) is 5.91 Å². The predicted octanol–water partition coefficient (Wildman–Crippen LogP) is 4.81. The van der Waals surface area contributed by atoms with E-state index in [4.69, 9.17) is 0 Å². The zero-order valence-electron chi connectivity index (χ0n) is 18.7. The number of benzene rings is 3. The summed E-state index contributed by atoms with van der Waals surface area (Å²) in [4.78, 5) is 40.6. The summed E-state index contributed by atoms with van der Waals surface area (Å²) in [5.41, 5.74) is 4.24. The standard InChI is InChI=1S/C27H26N2O3/c1-17-15-18(2)24(20(4)30)19(3)23(17)16-29-25(31)27(28-26(29)32,21-11-7-5-8-12-21)22-13-9-6-10-14-22/h5-15H,16H2,1-4H3,(H,28,32). The zero-order valence-corrected chi connectivity index (χ0v) is 18.7. The Balaban J connectivity index is 1.83. The van der Waals surface area contributed by atoms with Gasteiger partial charge in [-0.05, 0) is 61.1 Å². The molecule has 0 atom stereocenters. The van der Waals surface area contributed by atoms with Crippen molar-refractivity contribution in [1.29, 1.82) is 0 Å². The lowest BCUT2D eigenvalue weighted by Crippen LogP contribution is -2.45. The second kappa shape index (κ2) is 8.08. The van der Waals surface area contributed by atoms with Crippen LogP contribution in [0.25, 0.3) is 0 Å². The number of hydrogen-bond donors (Lipinski definition) is 1. The van der Waals surface area contributed by atoms with Crippen molar-refractivity contribution < 1.29 is 14.4 Å². The molecular formula is C27H26N2O3. The van der Waals surface area contributed by atoms with E-state index in [0.29, 0.717) is 16.7 Å². The smallest absolute Gasteiger partial charge is 0.315 e. The van der Waals surface area contributed by atoms with E-state index in [-0.39, 0.29) is 18.2 Å². The number of ketones is 1. The molecule has 1 aliphatic heterocycles. The summed E-state index contributed by atoms with van der Waals surface area (Å²) in [6, 6.07) is 20.1. The van der Waals surface area contributed by atoms with Gasteiger partial charge in [0.2, 0.25) is 0 Å². The average molecular weight is 427 g/mol.